The maximum Gasteiger partial charge on any atom is 0.273 e. The number of carbonyl (C=O) groups is 2. The van der Waals surface area contributed by atoms with Crippen LogP contribution in [-0.4, -0.2) is 43.9 Å². The van der Waals surface area contributed by atoms with Crippen LogP contribution in [0, 0.1) is 12.8 Å². The number of hydrogen-bond donors (Lipinski definition) is 2. The number of pyridine rings is 1. The van der Waals surface area contributed by atoms with E-state index in [1.807, 2.05) is 51.1 Å². The fourth-order valence-electron chi connectivity index (χ4n) is 4.25. The summed E-state index contributed by atoms with van der Waals surface area (Å²) < 4.78 is 1.68. The minimum Gasteiger partial charge on any atom is -0.354 e. The molecule has 1 aliphatic carbocycles. The number of aromatic nitrogens is 4. The van der Waals surface area contributed by atoms with Crippen LogP contribution < -0.4 is 10.6 Å². The summed E-state index contributed by atoms with van der Waals surface area (Å²) in [7, 11) is 0. The van der Waals surface area contributed by atoms with Gasteiger partial charge in [0.15, 0.2) is 5.69 Å². The predicted molar refractivity (Wildman–Crippen MR) is 118 cm³/mol. The molecule has 2 atom stereocenters. The van der Waals surface area contributed by atoms with E-state index in [1.54, 1.807) is 10.9 Å². The van der Waals surface area contributed by atoms with Crippen molar-refractivity contribution < 1.29 is 9.59 Å². The minimum absolute atomic E-state index is 0.0459. The maximum absolute atomic E-state index is 13.0. The Labute approximate surface area is 181 Å². The number of fused-ring (bicyclic) bond motifs is 1. The summed E-state index contributed by atoms with van der Waals surface area (Å²) in [5.41, 5.74) is 2.65. The zero-order valence-corrected chi connectivity index (χ0v) is 18.1. The van der Waals surface area contributed by atoms with Gasteiger partial charge in [0.25, 0.3) is 5.91 Å². The van der Waals surface area contributed by atoms with Gasteiger partial charge in [-0.05, 0) is 64.3 Å². The Morgan fingerprint density at radius 3 is 2.81 bits per heavy atom. The van der Waals surface area contributed by atoms with Crippen molar-refractivity contribution in [2.75, 3.05) is 0 Å². The Bertz CT molecular complexity index is 1100. The highest BCUT2D eigenvalue weighted by Crippen LogP contribution is 2.26. The van der Waals surface area contributed by atoms with Crippen molar-refractivity contribution in [2.45, 2.75) is 58.5 Å². The van der Waals surface area contributed by atoms with E-state index >= 15 is 0 Å². The molecule has 2 heterocycles. The predicted octanol–water partition coefficient (Wildman–Crippen LogP) is 2.94. The van der Waals surface area contributed by atoms with Gasteiger partial charge in [0.1, 0.15) is 0 Å². The van der Waals surface area contributed by atoms with Gasteiger partial charge in [-0.3, -0.25) is 14.6 Å². The second-order valence-electron chi connectivity index (χ2n) is 8.48. The summed E-state index contributed by atoms with van der Waals surface area (Å²) >= 11 is 0. The van der Waals surface area contributed by atoms with Crippen LogP contribution in [0.4, 0.5) is 0 Å². The first kappa shape index (κ1) is 21.0. The Kier molecular flexibility index (Phi) is 5.97. The number of benzene rings is 1. The topological polar surface area (TPSA) is 102 Å². The Hall–Kier alpha value is -3.29. The zero-order chi connectivity index (χ0) is 22.0. The van der Waals surface area contributed by atoms with Crippen molar-refractivity contribution in [1.29, 1.82) is 0 Å². The Morgan fingerprint density at radius 2 is 2.00 bits per heavy atom. The molecular weight excluding hydrogens is 392 g/mol. The van der Waals surface area contributed by atoms with E-state index in [9.17, 15) is 9.59 Å². The summed E-state index contributed by atoms with van der Waals surface area (Å²) in [6.45, 7) is 5.75. The van der Waals surface area contributed by atoms with E-state index in [0.29, 0.717) is 17.8 Å². The largest absolute Gasteiger partial charge is 0.354 e. The molecule has 162 valence electrons. The third kappa shape index (κ3) is 4.42. The molecule has 2 N–H and O–H groups in total. The molecule has 0 radical (unpaired) electrons. The number of nitrogens with zero attached hydrogens (tertiary/aromatic N) is 4. The van der Waals surface area contributed by atoms with Crippen LogP contribution in [0.15, 0.2) is 36.5 Å². The van der Waals surface area contributed by atoms with Gasteiger partial charge in [-0.25, -0.2) is 4.68 Å². The quantitative estimate of drug-likeness (QED) is 0.661. The summed E-state index contributed by atoms with van der Waals surface area (Å²) in [6, 6.07) is 9.71. The molecule has 1 aliphatic rings. The first-order valence-electron chi connectivity index (χ1n) is 10.8. The second kappa shape index (κ2) is 8.83. The number of amides is 2. The highest BCUT2D eigenvalue weighted by molar-refractivity contribution is 5.94. The van der Waals surface area contributed by atoms with E-state index in [1.165, 1.54) is 0 Å². The molecule has 2 aromatic heterocycles. The lowest BCUT2D eigenvalue weighted by molar-refractivity contribution is -0.126. The number of carbonyl (C=O) groups excluding carboxylic acids is 2. The van der Waals surface area contributed by atoms with E-state index in [4.69, 9.17) is 0 Å². The summed E-state index contributed by atoms with van der Waals surface area (Å²) in [6.07, 6.45) is 5.02. The Morgan fingerprint density at radius 1 is 1.16 bits per heavy atom. The standard InChI is InChI=1S/C23H28N6O2/c1-14(2)25-22(30)16-7-4-8-17(13-16)26-23(31)21-15(3)29(28-27-21)20-11-5-10-19-18(20)9-6-12-24-19/h5-6,9-12,14,16-17H,4,7-8,13H2,1-3H3,(H,25,30)(H,26,31). The van der Waals surface area contributed by atoms with Crippen molar-refractivity contribution in [3.63, 3.8) is 0 Å². The van der Waals surface area contributed by atoms with Gasteiger partial charge in [0.05, 0.1) is 16.9 Å². The molecule has 4 rings (SSSR count). The summed E-state index contributed by atoms with van der Waals surface area (Å²) in [4.78, 5) is 29.7. The van der Waals surface area contributed by atoms with E-state index in [2.05, 4.69) is 25.9 Å². The molecule has 8 heteroatoms. The first-order chi connectivity index (χ1) is 14.9. The third-order valence-electron chi connectivity index (χ3n) is 5.77. The van der Waals surface area contributed by atoms with Crippen molar-refractivity contribution in [3.8, 4) is 5.69 Å². The van der Waals surface area contributed by atoms with Gasteiger partial charge in [-0.2, -0.15) is 0 Å². The van der Waals surface area contributed by atoms with Crippen LogP contribution in [0.1, 0.15) is 55.7 Å². The van der Waals surface area contributed by atoms with Crippen molar-refractivity contribution in [2.24, 2.45) is 5.92 Å². The molecule has 1 saturated carbocycles. The first-order valence-corrected chi connectivity index (χ1v) is 10.8. The molecule has 0 spiro atoms. The van der Waals surface area contributed by atoms with Crippen molar-refractivity contribution >= 4 is 22.7 Å². The molecule has 2 amide bonds. The zero-order valence-electron chi connectivity index (χ0n) is 18.1. The van der Waals surface area contributed by atoms with Crippen LogP contribution in [-0.2, 0) is 4.79 Å². The molecule has 8 nitrogen and oxygen atoms in total. The lowest BCUT2D eigenvalue weighted by Gasteiger charge is -2.29. The highest BCUT2D eigenvalue weighted by Gasteiger charge is 2.29. The fraction of sp³-hybridized carbons (Fsp3) is 0.435. The molecule has 0 bridgehead atoms. The second-order valence-corrected chi connectivity index (χ2v) is 8.48. The van der Waals surface area contributed by atoms with Gasteiger partial charge in [-0.1, -0.05) is 17.7 Å². The monoisotopic (exact) mass is 420 g/mol. The van der Waals surface area contributed by atoms with E-state index in [-0.39, 0.29) is 29.8 Å². The van der Waals surface area contributed by atoms with Crippen molar-refractivity contribution in [1.82, 2.24) is 30.6 Å². The summed E-state index contributed by atoms with van der Waals surface area (Å²) in [5, 5.41) is 15.4. The van der Waals surface area contributed by atoms with Crippen LogP contribution in [0.3, 0.4) is 0 Å². The van der Waals surface area contributed by atoms with Crippen LogP contribution in [0.25, 0.3) is 16.6 Å². The Balaban J connectivity index is 1.50. The normalized spacial score (nSPS) is 18.8. The van der Waals surface area contributed by atoms with E-state index < -0.39 is 0 Å². The highest BCUT2D eigenvalue weighted by atomic mass is 16.2. The minimum atomic E-state index is -0.253. The van der Waals surface area contributed by atoms with Crippen molar-refractivity contribution in [3.05, 3.63) is 47.9 Å². The van der Waals surface area contributed by atoms with Gasteiger partial charge >= 0.3 is 0 Å². The average molecular weight is 421 g/mol. The average Bonchev–Trinajstić information content (AvgIpc) is 3.14. The molecule has 0 aliphatic heterocycles. The smallest absolute Gasteiger partial charge is 0.273 e. The molecule has 1 fully saturated rings. The van der Waals surface area contributed by atoms with Gasteiger partial charge in [-0.15, -0.1) is 5.10 Å². The van der Waals surface area contributed by atoms with Gasteiger partial charge < -0.3 is 10.6 Å². The van der Waals surface area contributed by atoms with E-state index in [0.717, 1.165) is 35.9 Å². The van der Waals surface area contributed by atoms with Crippen LogP contribution >= 0.6 is 0 Å². The molecule has 2 unspecified atom stereocenters. The molecule has 1 aromatic carbocycles. The number of hydrogen-bond acceptors (Lipinski definition) is 5. The number of rotatable bonds is 5. The SMILES string of the molecule is Cc1c(C(=O)NC2CCCC(C(=O)NC(C)C)C2)nnn1-c1cccc2ncccc12. The lowest BCUT2D eigenvalue weighted by atomic mass is 9.85. The molecule has 31 heavy (non-hydrogen) atoms. The van der Waals surface area contributed by atoms with Crippen LogP contribution in [0.2, 0.25) is 0 Å². The summed E-state index contributed by atoms with van der Waals surface area (Å²) in [5.74, 6) is -0.251. The molecular formula is C23H28N6O2. The fourth-order valence-corrected chi connectivity index (χ4v) is 4.25. The van der Waals surface area contributed by atoms with Gasteiger partial charge in [0, 0.05) is 29.6 Å². The molecule has 0 saturated heterocycles. The molecule has 3 aromatic rings. The maximum atomic E-state index is 13.0. The van der Waals surface area contributed by atoms with Crippen LogP contribution in [0.5, 0.6) is 0 Å². The third-order valence-corrected chi connectivity index (χ3v) is 5.77. The van der Waals surface area contributed by atoms with Gasteiger partial charge in [0.2, 0.25) is 5.91 Å². The number of nitrogens with one attached hydrogen (secondary N) is 2. The lowest BCUT2D eigenvalue weighted by Crippen LogP contribution is -2.44.